The summed E-state index contributed by atoms with van der Waals surface area (Å²) in [4.78, 5) is 22.4. The summed E-state index contributed by atoms with van der Waals surface area (Å²) in [5, 5.41) is 20.1. The second kappa shape index (κ2) is 5.79. The van der Waals surface area contributed by atoms with Crippen LogP contribution in [0.3, 0.4) is 0 Å². The van der Waals surface area contributed by atoms with Crippen molar-refractivity contribution in [3.63, 3.8) is 0 Å². The molecular formula is C11H11ClFNO4. The molecule has 1 rings (SSSR count). The molecule has 1 aromatic rings. The van der Waals surface area contributed by atoms with Crippen LogP contribution in [0.5, 0.6) is 0 Å². The number of aliphatic carboxylic acids is 1. The average molecular weight is 276 g/mol. The predicted octanol–water partition coefficient (Wildman–Crippen LogP) is 1.04. The molecular weight excluding hydrogens is 265 g/mol. The number of nitrogens with one attached hydrogen (secondary N) is 1. The number of carboxylic acids is 1. The fourth-order valence-electron chi connectivity index (χ4n) is 1.28. The van der Waals surface area contributed by atoms with Crippen molar-refractivity contribution in [2.24, 2.45) is 0 Å². The first kappa shape index (κ1) is 14.4. The normalized spacial score (nSPS) is 13.8. The summed E-state index contributed by atoms with van der Waals surface area (Å²) in [5.74, 6) is -3.20. The van der Waals surface area contributed by atoms with Gasteiger partial charge in [0.1, 0.15) is 5.82 Å². The third-order valence-corrected chi connectivity index (χ3v) is 2.44. The van der Waals surface area contributed by atoms with Crippen molar-refractivity contribution in [2.75, 3.05) is 0 Å². The standard InChI is InChI=1S/C11H11ClFNO4/c1-5(15)9(11(17)18)14-10(16)7-4-6(12)2-3-8(7)13/h2-5,9,15H,1H3,(H,14,16)(H,17,18)/t5-,9+/m0/s1. The van der Waals surface area contributed by atoms with Crippen LogP contribution in [0.25, 0.3) is 0 Å². The molecule has 1 amide bonds. The summed E-state index contributed by atoms with van der Waals surface area (Å²) in [5.41, 5.74) is -0.380. The average Bonchev–Trinajstić information content (AvgIpc) is 2.28. The summed E-state index contributed by atoms with van der Waals surface area (Å²) in [6, 6.07) is 1.82. The number of benzene rings is 1. The first-order chi connectivity index (χ1) is 8.32. The maximum Gasteiger partial charge on any atom is 0.328 e. The summed E-state index contributed by atoms with van der Waals surface area (Å²) >= 11 is 5.61. The third-order valence-electron chi connectivity index (χ3n) is 2.21. The van der Waals surface area contributed by atoms with Crippen LogP contribution in [-0.2, 0) is 4.79 Å². The van der Waals surface area contributed by atoms with E-state index in [1.165, 1.54) is 13.0 Å². The molecule has 0 unspecified atom stereocenters. The fraction of sp³-hybridized carbons (Fsp3) is 0.273. The molecule has 0 saturated carbocycles. The molecule has 0 heterocycles. The van der Waals surface area contributed by atoms with Gasteiger partial charge in [-0.25, -0.2) is 9.18 Å². The van der Waals surface area contributed by atoms with Gasteiger partial charge in [-0.2, -0.15) is 0 Å². The van der Waals surface area contributed by atoms with Gasteiger partial charge in [0.25, 0.3) is 5.91 Å². The van der Waals surface area contributed by atoms with Gasteiger partial charge in [0.2, 0.25) is 0 Å². The lowest BCUT2D eigenvalue weighted by Gasteiger charge is -2.17. The van der Waals surface area contributed by atoms with E-state index in [0.29, 0.717) is 0 Å². The minimum Gasteiger partial charge on any atom is -0.480 e. The molecule has 0 aromatic heterocycles. The number of hydrogen-bond donors (Lipinski definition) is 3. The number of halogens is 2. The van der Waals surface area contributed by atoms with Crippen LogP contribution < -0.4 is 5.32 Å². The molecule has 0 radical (unpaired) electrons. The molecule has 0 bridgehead atoms. The predicted molar refractivity (Wildman–Crippen MR) is 62.0 cm³/mol. The van der Waals surface area contributed by atoms with Crippen molar-refractivity contribution in [3.8, 4) is 0 Å². The number of aliphatic hydroxyl groups excluding tert-OH is 1. The first-order valence-electron chi connectivity index (χ1n) is 4.99. The van der Waals surface area contributed by atoms with Crippen LogP contribution >= 0.6 is 11.6 Å². The van der Waals surface area contributed by atoms with Gasteiger partial charge in [-0.15, -0.1) is 0 Å². The Labute approximate surface area is 107 Å². The van der Waals surface area contributed by atoms with Crippen molar-refractivity contribution in [3.05, 3.63) is 34.6 Å². The third kappa shape index (κ3) is 3.41. The van der Waals surface area contributed by atoms with Crippen molar-refractivity contribution >= 4 is 23.5 Å². The molecule has 0 aliphatic carbocycles. The van der Waals surface area contributed by atoms with E-state index in [9.17, 15) is 19.1 Å². The van der Waals surface area contributed by atoms with Gasteiger partial charge in [-0.1, -0.05) is 11.6 Å². The van der Waals surface area contributed by atoms with E-state index in [4.69, 9.17) is 16.7 Å². The topological polar surface area (TPSA) is 86.6 Å². The number of rotatable bonds is 4. The molecule has 18 heavy (non-hydrogen) atoms. The number of hydrogen-bond acceptors (Lipinski definition) is 3. The van der Waals surface area contributed by atoms with Crippen LogP contribution in [0.4, 0.5) is 4.39 Å². The molecule has 0 aliphatic rings. The van der Waals surface area contributed by atoms with Gasteiger partial charge < -0.3 is 15.5 Å². The fourth-order valence-corrected chi connectivity index (χ4v) is 1.45. The van der Waals surface area contributed by atoms with Crippen LogP contribution in [-0.4, -0.2) is 34.2 Å². The van der Waals surface area contributed by atoms with Gasteiger partial charge in [0.05, 0.1) is 11.7 Å². The van der Waals surface area contributed by atoms with E-state index in [0.717, 1.165) is 12.1 Å². The number of amides is 1. The van der Waals surface area contributed by atoms with Crippen LogP contribution in [0, 0.1) is 5.82 Å². The first-order valence-corrected chi connectivity index (χ1v) is 5.37. The monoisotopic (exact) mass is 275 g/mol. The molecule has 2 atom stereocenters. The van der Waals surface area contributed by atoms with E-state index >= 15 is 0 Å². The molecule has 7 heteroatoms. The zero-order valence-electron chi connectivity index (χ0n) is 9.35. The highest BCUT2D eigenvalue weighted by Gasteiger charge is 2.26. The zero-order valence-corrected chi connectivity index (χ0v) is 10.1. The van der Waals surface area contributed by atoms with Crippen LogP contribution in [0.15, 0.2) is 18.2 Å². The summed E-state index contributed by atoms with van der Waals surface area (Å²) in [6.07, 6.45) is -1.31. The maximum absolute atomic E-state index is 13.3. The highest BCUT2D eigenvalue weighted by atomic mass is 35.5. The SMILES string of the molecule is C[C@H](O)[C@@H](NC(=O)c1cc(Cl)ccc1F)C(=O)O. The van der Waals surface area contributed by atoms with Gasteiger partial charge >= 0.3 is 5.97 Å². The molecule has 5 nitrogen and oxygen atoms in total. The number of aliphatic hydroxyl groups is 1. The second-order valence-electron chi connectivity index (χ2n) is 3.65. The van der Waals surface area contributed by atoms with E-state index in [1.54, 1.807) is 0 Å². The van der Waals surface area contributed by atoms with Gasteiger partial charge in [0, 0.05) is 5.02 Å². The highest BCUT2D eigenvalue weighted by Crippen LogP contribution is 2.15. The van der Waals surface area contributed by atoms with E-state index < -0.39 is 29.8 Å². The molecule has 1 aromatic carbocycles. The van der Waals surface area contributed by atoms with Gasteiger partial charge in [-0.05, 0) is 25.1 Å². The minimum absolute atomic E-state index is 0.144. The lowest BCUT2D eigenvalue weighted by Crippen LogP contribution is -2.47. The lowest BCUT2D eigenvalue weighted by atomic mass is 10.1. The van der Waals surface area contributed by atoms with Crippen molar-refractivity contribution in [1.82, 2.24) is 5.32 Å². The maximum atomic E-state index is 13.3. The summed E-state index contributed by atoms with van der Waals surface area (Å²) < 4.78 is 13.3. The lowest BCUT2D eigenvalue weighted by molar-refractivity contribution is -0.141. The van der Waals surface area contributed by atoms with Crippen LogP contribution in [0.2, 0.25) is 5.02 Å². The van der Waals surface area contributed by atoms with Crippen LogP contribution in [0.1, 0.15) is 17.3 Å². The molecule has 98 valence electrons. The largest absolute Gasteiger partial charge is 0.480 e. The second-order valence-corrected chi connectivity index (χ2v) is 4.09. The minimum atomic E-state index is -1.52. The van der Waals surface area contributed by atoms with Crippen molar-refractivity contribution < 1.29 is 24.2 Å². The van der Waals surface area contributed by atoms with Crippen molar-refractivity contribution in [2.45, 2.75) is 19.1 Å². The van der Waals surface area contributed by atoms with Crippen molar-refractivity contribution in [1.29, 1.82) is 0 Å². The number of carbonyl (C=O) groups excluding carboxylic acids is 1. The Hall–Kier alpha value is -1.66. The number of carboxylic acid groups (broad SMARTS) is 1. The Morgan fingerprint density at radius 1 is 1.44 bits per heavy atom. The van der Waals surface area contributed by atoms with Gasteiger partial charge in [-0.3, -0.25) is 4.79 Å². The Bertz CT molecular complexity index is 478. The quantitative estimate of drug-likeness (QED) is 0.766. The smallest absolute Gasteiger partial charge is 0.328 e. The zero-order chi connectivity index (χ0) is 13.9. The number of carbonyl (C=O) groups is 2. The van der Waals surface area contributed by atoms with E-state index in [2.05, 4.69) is 0 Å². The van der Waals surface area contributed by atoms with Gasteiger partial charge in [0.15, 0.2) is 6.04 Å². The highest BCUT2D eigenvalue weighted by molar-refractivity contribution is 6.31. The molecule has 0 aliphatic heterocycles. The van der Waals surface area contributed by atoms with E-state index in [-0.39, 0.29) is 10.6 Å². The Morgan fingerprint density at radius 3 is 2.56 bits per heavy atom. The molecule has 0 saturated heterocycles. The Balaban J connectivity index is 2.94. The summed E-state index contributed by atoms with van der Waals surface area (Å²) in [7, 11) is 0. The molecule has 0 fully saturated rings. The Morgan fingerprint density at radius 2 is 2.06 bits per heavy atom. The summed E-state index contributed by atoms with van der Waals surface area (Å²) in [6.45, 7) is 1.20. The van der Waals surface area contributed by atoms with E-state index in [1.807, 2.05) is 5.32 Å². The Kier molecular flexibility index (Phi) is 4.63. The molecule has 3 N–H and O–H groups in total. The molecule has 0 spiro atoms.